The van der Waals surface area contributed by atoms with Crippen molar-refractivity contribution in [3.63, 3.8) is 0 Å². The Labute approximate surface area is 211 Å². The number of carbonyl (C=O) groups excluding carboxylic acids is 4. The molecular formula is C21H33N7O9. The molecule has 1 heterocycles. The van der Waals surface area contributed by atoms with Gasteiger partial charge in [0.1, 0.15) is 11.6 Å². The summed E-state index contributed by atoms with van der Waals surface area (Å²) in [5, 5.41) is 36.4. The molecule has 37 heavy (non-hydrogen) atoms. The van der Waals surface area contributed by atoms with Crippen LogP contribution in [0.2, 0.25) is 0 Å². The monoisotopic (exact) mass is 527 g/mol. The summed E-state index contributed by atoms with van der Waals surface area (Å²) < 4.78 is 0. The number of nitrogens with zero attached hydrogens (tertiary/aromatic N) is 1. The lowest BCUT2D eigenvalue weighted by atomic mass is 10.0. The fraction of sp³-hybridized carbons (Fsp3) is 0.571. The Bertz CT molecular complexity index is 979. The number of carboxylic acids is 2. The van der Waals surface area contributed by atoms with Crippen molar-refractivity contribution in [3.8, 4) is 0 Å². The summed E-state index contributed by atoms with van der Waals surface area (Å²) in [7, 11) is 0. The molecular weight excluding hydrogens is 494 g/mol. The van der Waals surface area contributed by atoms with E-state index in [-0.39, 0.29) is 12.8 Å². The minimum Gasteiger partial charge on any atom is -0.481 e. The topological polar surface area (TPSA) is 266 Å². The summed E-state index contributed by atoms with van der Waals surface area (Å²) in [6, 6.07) is -4.04. The second-order valence-electron chi connectivity index (χ2n) is 8.80. The second kappa shape index (κ2) is 13.9. The third-order valence-electron chi connectivity index (χ3n) is 5.09. The highest BCUT2D eigenvalue weighted by molar-refractivity contribution is 5.96. The number of hydrogen-bond donors (Lipinski definition) is 9. The lowest BCUT2D eigenvalue weighted by molar-refractivity contribution is -0.144. The Hall–Kier alpha value is -4.05. The van der Waals surface area contributed by atoms with Gasteiger partial charge in [0, 0.05) is 24.7 Å². The molecule has 16 heteroatoms. The number of nitrogens with one attached hydrogen (secondary N) is 5. The molecule has 0 radical (unpaired) electrons. The molecule has 1 aromatic rings. The smallest absolute Gasteiger partial charge is 0.328 e. The number of hydrogen-bond acceptors (Lipinski definition) is 9. The van der Waals surface area contributed by atoms with E-state index in [1.165, 1.54) is 26.4 Å². The number of rotatable bonds is 15. The first kappa shape index (κ1) is 31.0. The molecule has 0 saturated carbocycles. The molecule has 1 aromatic heterocycles. The van der Waals surface area contributed by atoms with Gasteiger partial charge in [-0.2, -0.15) is 0 Å². The van der Waals surface area contributed by atoms with E-state index in [9.17, 15) is 33.9 Å². The molecule has 0 bridgehead atoms. The van der Waals surface area contributed by atoms with Crippen molar-refractivity contribution in [2.24, 2.45) is 5.73 Å². The van der Waals surface area contributed by atoms with Gasteiger partial charge in [-0.1, -0.05) is 0 Å². The number of aromatic nitrogens is 2. The molecule has 0 aliphatic heterocycles. The van der Waals surface area contributed by atoms with E-state index in [2.05, 4.69) is 25.9 Å². The van der Waals surface area contributed by atoms with Gasteiger partial charge in [-0.05, 0) is 27.2 Å². The third-order valence-corrected chi connectivity index (χ3v) is 5.09. The molecule has 16 nitrogen and oxygen atoms in total. The number of amides is 4. The maximum Gasteiger partial charge on any atom is 0.328 e. The predicted octanol–water partition coefficient (Wildman–Crippen LogP) is -3.41. The molecule has 0 unspecified atom stereocenters. The van der Waals surface area contributed by atoms with Crippen molar-refractivity contribution in [2.45, 2.75) is 69.8 Å². The normalized spacial score (nSPS) is 14.4. The number of aromatic amines is 1. The van der Waals surface area contributed by atoms with Crippen molar-refractivity contribution in [2.75, 3.05) is 6.54 Å². The van der Waals surface area contributed by atoms with Gasteiger partial charge in [0.2, 0.25) is 23.6 Å². The zero-order chi connectivity index (χ0) is 28.3. The first-order valence-electron chi connectivity index (χ1n) is 11.2. The quantitative estimate of drug-likeness (QED) is 0.108. The van der Waals surface area contributed by atoms with Crippen LogP contribution in [-0.4, -0.2) is 97.2 Å². The van der Waals surface area contributed by atoms with Crippen LogP contribution in [0, 0.1) is 0 Å². The van der Waals surface area contributed by atoms with Crippen LogP contribution in [0.25, 0.3) is 0 Å². The molecule has 206 valence electrons. The summed E-state index contributed by atoms with van der Waals surface area (Å²) in [6.07, 6.45) is 0.764. The van der Waals surface area contributed by atoms with Crippen molar-refractivity contribution in [3.05, 3.63) is 18.2 Å². The SMILES string of the molecule is C[C@@H](O)[C@H](NC(=O)CNC(=O)[C@H](CCC(=O)O)NC(=O)C(C)(C)NC(=O)[C@@H](N)Cc1cnc[nH]1)C(=O)O. The predicted molar refractivity (Wildman–Crippen MR) is 126 cm³/mol. The molecule has 0 aliphatic rings. The van der Waals surface area contributed by atoms with E-state index in [1.807, 2.05) is 5.32 Å². The van der Waals surface area contributed by atoms with Gasteiger partial charge < -0.3 is 47.3 Å². The Balaban J connectivity index is 2.79. The molecule has 0 fully saturated rings. The van der Waals surface area contributed by atoms with E-state index >= 15 is 0 Å². The molecule has 4 amide bonds. The van der Waals surface area contributed by atoms with Crippen LogP contribution in [0.15, 0.2) is 12.5 Å². The zero-order valence-corrected chi connectivity index (χ0v) is 20.6. The van der Waals surface area contributed by atoms with Crippen molar-refractivity contribution in [1.82, 2.24) is 31.2 Å². The molecule has 0 saturated heterocycles. The van der Waals surface area contributed by atoms with Crippen molar-refractivity contribution < 1.29 is 44.1 Å². The minimum atomic E-state index is -1.61. The van der Waals surface area contributed by atoms with Gasteiger partial charge >= 0.3 is 11.9 Å². The standard InChI is InChI=1S/C21H33N7O9/c1-10(29)16(19(35)36)27-14(30)8-24-18(34)13(4-5-15(31)32)26-20(37)21(2,3)28-17(33)12(22)6-11-7-23-9-25-11/h7,9-10,12-13,16,29H,4-6,8,22H2,1-3H3,(H,23,25)(H,24,34)(H,26,37)(H,27,30)(H,28,33)(H,31,32)(H,35,36)/t10-,12+,13+,16+/m1/s1. The first-order valence-corrected chi connectivity index (χ1v) is 11.2. The highest BCUT2D eigenvalue weighted by Crippen LogP contribution is 2.07. The Kier molecular flexibility index (Phi) is 11.6. The molecule has 1 rings (SSSR count). The Morgan fingerprint density at radius 2 is 1.76 bits per heavy atom. The number of carboxylic acid groups (broad SMARTS) is 2. The number of aliphatic hydroxyl groups is 1. The van der Waals surface area contributed by atoms with Crippen LogP contribution < -0.4 is 27.0 Å². The van der Waals surface area contributed by atoms with Gasteiger partial charge in [-0.25, -0.2) is 9.78 Å². The van der Waals surface area contributed by atoms with Crippen LogP contribution in [0.1, 0.15) is 39.3 Å². The average molecular weight is 528 g/mol. The van der Waals surface area contributed by atoms with Crippen LogP contribution in [0.5, 0.6) is 0 Å². The summed E-state index contributed by atoms with van der Waals surface area (Å²) in [6.45, 7) is 3.15. The molecule has 10 N–H and O–H groups in total. The summed E-state index contributed by atoms with van der Waals surface area (Å²) in [5.41, 5.74) is 4.91. The lowest BCUT2D eigenvalue weighted by Crippen LogP contribution is -2.61. The third kappa shape index (κ3) is 10.6. The molecule has 0 spiro atoms. The van der Waals surface area contributed by atoms with E-state index in [1.54, 1.807) is 0 Å². The number of aliphatic carboxylic acids is 2. The Morgan fingerprint density at radius 3 is 2.27 bits per heavy atom. The second-order valence-corrected chi connectivity index (χ2v) is 8.80. The van der Waals surface area contributed by atoms with Crippen LogP contribution in [0.4, 0.5) is 0 Å². The van der Waals surface area contributed by atoms with Crippen molar-refractivity contribution in [1.29, 1.82) is 0 Å². The Morgan fingerprint density at radius 1 is 1.11 bits per heavy atom. The van der Waals surface area contributed by atoms with Gasteiger partial charge in [-0.15, -0.1) is 0 Å². The highest BCUT2D eigenvalue weighted by atomic mass is 16.4. The van der Waals surface area contributed by atoms with E-state index in [4.69, 9.17) is 15.9 Å². The van der Waals surface area contributed by atoms with E-state index < -0.39 is 78.3 Å². The lowest BCUT2D eigenvalue weighted by Gasteiger charge is -2.29. The fourth-order valence-corrected chi connectivity index (χ4v) is 2.96. The molecule has 4 atom stereocenters. The number of carbonyl (C=O) groups is 6. The minimum absolute atomic E-state index is 0.118. The maximum atomic E-state index is 12.9. The van der Waals surface area contributed by atoms with Crippen LogP contribution in [-0.2, 0) is 35.2 Å². The number of imidazole rings is 1. The number of aliphatic hydroxyl groups excluding tert-OH is 1. The van der Waals surface area contributed by atoms with Gasteiger partial charge in [0.05, 0.1) is 25.0 Å². The number of nitrogens with two attached hydrogens (primary N) is 1. The maximum absolute atomic E-state index is 12.9. The first-order chi connectivity index (χ1) is 17.1. The van der Waals surface area contributed by atoms with Crippen molar-refractivity contribution >= 4 is 35.6 Å². The van der Waals surface area contributed by atoms with Crippen LogP contribution in [0.3, 0.4) is 0 Å². The highest BCUT2D eigenvalue weighted by Gasteiger charge is 2.34. The van der Waals surface area contributed by atoms with Gasteiger partial charge in [-0.3, -0.25) is 24.0 Å². The molecule has 0 aliphatic carbocycles. The van der Waals surface area contributed by atoms with E-state index in [0.717, 1.165) is 6.92 Å². The summed E-state index contributed by atoms with van der Waals surface area (Å²) in [4.78, 5) is 78.6. The zero-order valence-electron chi connectivity index (χ0n) is 20.6. The number of H-pyrrole nitrogens is 1. The largest absolute Gasteiger partial charge is 0.481 e. The van der Waals surface area contributed by atoms with Gasteiger partial charge in [0.25, 0.3) is 0 Å². The van der Waals surface area contributed by atoms with E-state index in [0.29, 0.717) is 5.69 Å². The summed E-state index contributed by atoms with van der Waals surface area (Å²) >= 11 is 0. The average Bonchev–Trinajstić information content (AvgIpc) is 3.30. The van der Waals surface area contributed by atoms with Gasteiger partial charge in [0.15, 0.2) is 6.04 Å². The molecule has 0 aromatic carbocycles. The fourth-order valence-electron chi connectivity index (χ4n) is 2.96. The summed E-state index contributed by atoms with van der Waals surface area (Å²) in [5.74, 6) is -6.09. The van der Waals surface area contributed by atoms with Crippen LogP contribution >= 0.6 is 0 Å².